The van der Waals surface area contributed by atoms with E-state index in [0.29, 0.717) is 10.6 Å². The molecule has 0 bridgehead atoms. The predicted octanol–water partition coefficient (Wildman–Crippen LogP) is 7.09. The summed E-state index contributed by atoms with van der Waals surface area (Å²) >= 11 is 13.0. The molecule has 2 aliphatic rings. The zero-order valence-corrected chi connectivity index (χ0v) is 17.4. The number of hydrogen-bond acceptors (Lipinski definition) is 3. The standard InChI is InChI=1S/C15H23NS.C6H4Cl2O/c1-3-9-15(10-4-1,14-8-7-13-17-14)16-11-5-2-6-12-16;7-4-1-2-6(9)5(8)3-4/h7-8,13H,1-6,9-12H2;1-3,9H. The zero-order chi connectivity index (χ0) is 18.4. The lowest BCUT2D eigenvalue weighted by atomic mass is 9.78. The summed E-state index contributed by atoms with van der Waals surface area (Å²) in [5.74, 6) is 0.0565. The van der Waals surface area contributed by atoms with Crippen LogP contribution in [0.3, 0.4) is 0 Å². The van der Waals surface area contributed by atoms with Crippen molar-refractivity contribution in [3.63, 3.8) is 0 Å². The highest BCUT2D eigenvalue weighted by atomic mass is 35.5. The zero-order valence-electron chi connectivity index (χ0n) is 15.1. The molecule has 2 nitrogen and oxygen atoms in total. The molecule has 5 heteroatoms. The van der Waals surface area contributed by atoms with E-state index in [-0.39, 0.29) is 10.8 Å². The van der Waals surface area contributed by atoms with Gasteiger partial charge in [-0.05, 0) is 68.4 Å². The molecule has 1 saturated carbocycles. The third kappa shape index (κ3) is 4.75. The molecule has 1 N–H and O–H groups in total. The normalized spacial score (nSPS) is 20.2. The molecule has 142 valence electrons. The molecule has 0 amide bonds. The predicted molar refractivity (Wildman–Crippen MR) is 113 cm³/mol. The van der Waals surface area contributed by atoms with Crippen molar-refractivity contribution in [2.75, 3.05) is 13.1 Å². The van der Waals surface area contributed by atoms with Gasteiger partial charge < -0.3 is 5.11 Å². The number of benzene rings is 1. The number of phenols is 1. The van der Waals surface area contributed by atoms with E-state index in [1.807, 2.05) is 11.3 Å². The summed E-state index contributed by atoms with van der Waals surface area (Å²) in [5.41, 5.74) is 0.423. The molecule has 1 saturated heterocycles. The van der Waals surface area contributed by atoms with Gasteiger partial charge in [-0.25, -0.2) is 0 Å². The topological polar surface area (TPSA) is 23.5 Å². The molecular weight excluding hydrogens is 385 g/mol. The van der Waals surface area contributed by atoms with Crippen molar-refractivity contribution < 1.29 is 5.11 Å². The minimum atomic E-state index is 0.0565. The van der Waals surface area contributed by atoms with E-state index >= 15 is 0 Å². The van der Waals surface area contributed by atoms with Gasteiger partial charge in [0.15, 0.2) is 0 Å². The summed E-state index contributed by atoms with van der Waals surface area (Å²) in [6.07, 6.45) is 11.3. The second-order valence-electron chi connectivity index (χ2n) is 7.21. The van der Waals surface area contributed by atoms with Crippen molar-refractivity contribution in [2.45, 2.75) is 56.9 Å². The maximum atomic E-state index is 8.85. The molecule has 0 atom stereocenters. The second-order valence-corrected chi connectivity index (χ2v) is 9.00. The van der Waals surface area contributed by atoms with Gasteiger partial charge in [0.05, 0.1) is 10.6 Å². The van der Waals surface area contributed by atoms with Crippen molar-refractivity contribution in [3.8, 4) is 5.75 Å². The Hall–Kier alpha value is -0.740. The van der Waals surface area contributed by atoms with Gasteiger partial charge in [0.1, 0.15) is 5.75 Å². The number of likely N-dealkylation sites (tertiary alicyclic amines) is 1. The first-order valence-electron chi connectivity index (χ1n) is 9.55. The van der Waals surface area contributed by atoms with Gasteiger partial charge in [0, 0.05) is 9.90 Å². The van der Waals surface area contributed by atoms with E-state index in [0.717, 1.165) is 0 Å². The number of hydrogen-bond donors (Lipinski definition) is 1. The van der Waals surface area contributed by atoms with Crippen LogP contribution in [-0.2, 0) is 5.54 Å². The van der Waals surface area contributed by atoms with E-state index in [1.165, 1.54) is 76.6 Å². The van der Waals surface area contributed by atoms with Crippen LogP contribution >= 0.6 is 34.5 Å². The maximum Gasteiger partial charge on any atom is 0.134 e. The molecule has 1 aliphatic carbocycles. The quantitative estimate of drug-likeness (QED) is 0.569. The minimum Gasteiger partial charge on any atom is -0.506 e. The maximum absolute atomic E-state index is 8.85. The molecule has 2 fully saturated rings. The Kier molecular flexibility index (Phi) is 7.27. The number of halogens is 2. The lowest BCUT2D eigenvalue weighted by molar-refractivity contribution is 0.0332. The van der Waals surface area contributed by atoms with Crippen LogP contribution in [0.5, 0.6) is 5.75 Å². The minimum absolute atomic E-state index is 0.0565. The molecular formula is C21H27Cl2NOS. The Morgan fingerprint density at radius 2 is 1.62 bits per heavy atom. The Bertz CT molecular complexity index is 677. The summed E-state index contributed by atoms with van der Waals surface area (Å²) < 4.78 is 0. The molecule has 2 heterocycles. The van der Waals surface area contributed by atoms with Gasteiger partial charge in [-0.2, -0.15) is 0 Å². The molecule has 0 spiro atoms. The molecule has 0 unspecified atom stereocenters. The summed E-state index contributed by atoms with van der Waals surface area (Å²) in [6.45, 7) is 2.66. The van der Waals surface area contributed by atoms with Gasteiger partial charge in [0.25, 0.3) is 0 Å². The van der Waals surface area contributed by atoms with Crippen LogP contribution in [-0.4, -0.2) is 23.1 Å². The molecule has 1 aromatic heterocycles. The van der Waals surface area contributed by atoms with Crippen molar-refractivity contribution >= 4 is 34.5 Å². The van der Waals surface area contributed by atoms with Crippen LogP contribution < -0.4 is 0 Å². The summed E-state index contributed by atoms with van der Waals surface area (Å²) in [4.78, 5) is 4.46. The Balaban J connectivity index is 0.000000185. The molecule has 1 aliphatic heterocycles. The first kappa shape index (κ1) is 20.0. The number of phenolic OH excluding ortho intramolecular Hbond substituents is 1. The van der Waals surface area contributed by atoms with E-state index in [1.54, 1.807) is 10.9 Å². The Morgan fingerprint density at radius 1 is 0.923 bits per heavy atom. The van der Waals surface area contributed by atoms with E-state index in [4.69, 9.17) is 28.3 Å². The van der Waals surface area contributed by atoms with E-state index in [2.05, 4.69) is 22.4 Å². The van der Waals surface area contributed by atoms with Gasteiger partial charge in [-0.1, -0.05) is 55.0 Å². The SMILES string of the molecule is Oc1ccc(Cl)cc1Cl.c1csc(C2(N3CCCCC3)CCCCC2)c1. The van der Waals surface area contributed by atoms with Crippen LogP contribution in [0.25, 0.3) is 0 Å². The fraction of sp³-hybridized carbons (Fsp3) is 0.524. The van der Waals surface area contributed by atoms with Crippen LogP contribution in [0.4, 0.5) is 0 Å². The van der Waals surface area contributed by atoms with Crippen LogP contribution in [0.2, 0.25) is 10.0 Å². The number of piperidine rings is 1. The molecule has 0 radical (unpaired) electrons. The van der Waals surface area contributed by atoms with Crippen LogP contribution in [0.15, 0.2) is 35.7 Å². The Morgan fingerprint density at radius 3 is 2.19 bits per heavy atom. The number of nitrogens with zero attached hydrogens (tertiary/aromatic N) is 1. The first-order chi connectivity index (χ1) is 12.6. The number of thiophene rings is 1. The highest BCUT2D eigenvalue weighted by Crippen LogP contribution is 2.45. The second kappa shape index (κ2) is 9.45. The molecule has 2 aromatic rings. The fourth-order valence-electron chi connectivity index (χ4n) is 4.20. The molecule has 1 aromatic carbocycles. The van der Waals surface area contributed by atoms with Crippen LogP contribution in [0.1, 0.15) is 56.2 Å². The van der Waals surface area contributed by atoms with Crippen molar-refractivity contribution in [3.05, 3.63) is 50.6 Å². The summed E-state index contributed by atoms with van der Waals surface area (Å²) in [7, 11) is 0. The van der Waals surface area contributed by atoms with Gasteiger partial charge in [0.2, 0.25) is 0 Å². The lowest BCUT2D eigenvalue weighted by Gasteiger charge is -2.48. The van der Waals surface area contributed by atoms with Gasteiger partial charge in [-0.15, -0.1) is 11.3 Å². The van der Waals surface area contributed by atoms with Crippen molar-refractivity contribution in [1.29, 1.82) is 0 Å². The Labute approximate surface area is 170 Å². The van der Waals surface area contributed by atoms with Crippen molar-refractivity contribution in [2.24, 2.45) is 0 Å². The first-order valence-corrected chi connectivity index (χ1v) is 11.2. The lowest BCUT2D eigenvalue weighted by Crippen LogP contribution is -2.49. The summed E-state index contributed by atoms with van der Waals surface area (Å²) in [6, 6.07) is 9.12. The van der Waals surface area contributed by atoms with Gasteiger partial charge in [-0.3, -0.25) is 4.90 Å². The number of rotatable bonds is 2. The molecule has 26 heavy (non-hydrogen) atoms. The van der Waals surface area contributed by atoms with E-state index < -0.39 is 0 Å². The third-order valence-electron chi connectivity index (χ3n) is 5.53. The molecule has 4 rings (SSSR count). The van der Waals surface area contributed by atoms with Crippen LogP contribution in [0, 0.1) is 0 Å². The highest BCUT2D eigenvalue weighted by molar-refractivity contribution is 7.10. The van der Waals surface area contributed by atoms with Gasteiger partial charge >= 0.3 is 0 Å². The largest absolute Gasteiger partial charge is 0.506 e. The average molecular weight is 412 g/mol. The van der Waals surface area contributed by atoms with E-state index in [9.17, 15) is 0 Å². The number of aromatic hydroxyl groups is 1. The van der Waals surface area contributed by atoms with Crippen molar-refractivity contribution in [1.82, 2.24) is 4.90 Å². The fourth-order valence-corrected chi connectivity index (χ4v) is 5.62. The summed E-state index contributed by atoms with van der Waals surface area (Å²) in [5, 5.41) is 11.9. The smallest absolute Gasteiger partial charge is 0.134 e. The highest BCUT2D eigenvalue weighted by Gasteiger charge is 2.40. The monoisotopic (exact) mass is 411 g/mol. The third-order valence-corrected chi connectivity index (χ3v) is 7.13. The average Bonchev–Trinajstić information content (AvgIpc) is 3.22.